The Hall–Kier alpha value is -0.600. The number of carbonyl (C=O) groups is 2. The SMILES string of the molecule is CC(C)C1=CC2=C(C[C@H]1C(=O)Cl)C1(C)CCCC(C)(C(=O)Cl)C1CC2. The van der Waals surface area contributed by atoms with Gasteiger partial charge in [-0.3, -0.25) is 9.59 Å². The minimum Gasteiger partial charge on any atom is -0.281 e. The maximum Gasteiger partial charge on any atom is 0.229 e. The lowest BCUT2D eigenvalue weighted by molar-refractivity contribution is -0.129. The first-order chi connectivity index (χ1) is 11.6. The minimum absolute atomic E-state index is 0.0608. The van der Waals surface area contributed by atoms with Crippen LogP contribution in [0.4, 0.5) is 0 Å². The molecule has 0 aliphatic heterocycles. The summed E-state index contributed by atoms with van der Waals surface area (Å²) in [6, 6.07) is 0. The fourth-order valence-corrected chi connectivity index (χ4v) is 6.28. The second-order valence-electron chi connectivity index (χ2n) is 8.92. The van der Waals surface area contributed by atoms with Gasteiger partial charge in [-0.2, -0.15) is 0 Å². The predicted molar refractivity (Wildman–Crippen MR) is 103 cm³/mol. The molecule has 1 fully saturated rings. The van der Waals surface area contributed by atoms with Crippen LogP contribution in [-0.2, 0) is 9.59 Å². The fraction of sp³-hybridized carbons (Fsp3) is 0.714. The molecule has 0 amide bonds. The van der Waals surface area contributed by atoms with Crippen LogP contribution in [0, 0.1) is 28.6 Å². The molecule has 0 aromatic rings. The number of hydrogen-bond acceptors (Lipinski definition) is 2. The van der Waals surface area contributed by atoms with Crippen molar-refractivity contribution in [3.63, 3.8) is 0 Å². The summed E-state index contributed by atoms with van der Waals surface area (Å²) in [6.45, 7) is 8.58. The Morgan fingerprint density at radius 2 is 1.88 bits per heavy atom. The molecule has 1 saturated carbocycles. The van der Waals surface area contributed by atoms with Gasteiger partial charge in [0.1, 0.15) is 0 Å². The van der Waals surface area contributed by atoms with Crippen LogP contribution in [0.5, 0.6) is 0 Å². The largest absolute Gasteiger partial charge is 0.281 e. The molecule has 2 nitrogen and oxygen atoms in total. The van der Waals surface area contributed by atoms with Crippen LogP contribution in [0.3, 0.4) is 0 Å². The lowest BCUT2D eigenvalue weighted by Gasteiger charge is -2.56. The smallest absolute Gasteiger partial charge is 0.229 e. The van der Waals surface area contributed by atoms with Gasteiger partial charge < -0.3 is 0 Å². The zero-order valence-electron chi connectivity index (χ0n) is 15.6. The lowest BCUT2D eigenvalue weighted by Crippen LogP contribution is -2.50. The Balaban J connectivity index is 2.08. The molecule has 3 aliphatic carbocycles. The lowest BCUT2D eigenvalue weighted by atomic mass is 9.48. The van der Waals surface area contributed by atoms with E-state index in [2.05, 4.69) is 26.8 Å². The Labute approximate surface area is 161 Å². The van der Waals surface area contributed by atoms with Crippen molar-refractivity contribution >= 4 is 33.7 Å². The predicted octanol–water partition coefficient (Wildman–Crippen LogP) is 6.02. The molecule has 25 heavy (non-hydrogen) atoms. The van der Waals surface area contributed by atoms with Crippen molar-refractivity contribution in [2.45, 2.75) is 66.2 Å². The monoisotopic (exact) mass is 382 g/mol. The van der Waals surface area contributed by atoms with Gasteiger partial charge in [0.05, 0.1) is 5.92 Å². The molecule has 0 N–H and O–H groups in total. The van der Waals surface area contributed by atoms with Gasteiger partial charge in [-0.25, -0.2) is 0 Å². The number of allylic oxidation sites excluding steroid dienone is 4. The summed E-state index contributed by atoms with van der Waals surface area (Å²) in [5, 5.41) is -0.462. The van der Waals surface area contributed by atoms with Crippen LogP contribution in [0.15, 0.2) is 22.8 Å². The van der Waals surface area contributed by atoms with E-state index in [1.165, 1.54) is 11.1 Å². The molecule has 3 unspecified atom stereocenters. The molecule has 138 valence electrons. The van der Waals surface area contributed by atoms with Crippen LogP contribution in [0.2, 0.25) is 0 Å². The molecule has 0 spiro atoms. The number of rotatable bonds is 3. The summed E-state index contributed by atoms with van der Waals surface area (Å²) in [5.41, 5.74) is 3.37. The van der Waals surface area contributed by atoms with Gasteiger partial charge in [-0.15, -0.1) is 0 Å². The molecular weight excluding hydrogens is 355 g/mol. The van der Waals surface area contributed by atoms with E-state index < -0.39 is 5.41 Å². The van der Waals surface area contributed by atoms with E-state index in [1.807, 2.05) is 6.92 Å². The van der Waals surface area contributed by atoms with Crippen LogP contribution < -0.4 is 0 Å². The summed E-state index contributed by atoms with van der Waals surface area (Å²) in [5.74, 6) is 0.335. The number of fused-ring (bicyclic) bond motifs is 2. The summed E-state index contributed by atoms with van der Waals surface area (Å²) < 4.78 is 0. The van der Waals surface area contributed by atoms with Crippen molar-refractivity contribution in [2.24, 2.45) is 28.6 Å². The standard InChI is InChI=1S/C21H28Cl2O2/c1-12(2)14-10-13-6-7-17-20(3,16(13)11-15(14)18(22)24)8-5-9-21(17,4)19(23)25/h10,12,15,17H,5-9,11H2,1-4H3/t15-,17?,20?,21?/m1/s1. The van der Waals surface area contributed by atoms with Gasteiger partial charge in [-0.1, -0.05) is 51.3 Å². The number of carbonyl (C=O) groups excluding carboxylic acids is 2. The van der Waals surface area contributed by atoms with Gasteiger partial charge in [0, 0.05) is 5.41 Å². The minimum atomic E-state index is -0.463. The van der Waals surface area contributed by atoms with Crippen molar-refractivity contribution in [3.05, 3.63) is 22.8 Å². The highest BCUT2D eigenvalue weighted by atomic mass is 35.5. The van der Waals surface area contributed by atoms with E-state index >= 15 is 0 Å². The number of halogens is 2. The molecule has 0 saturated heterocycles. The van der Waals surface area contributed by atoms with Crippen molar-refractivity contribution in [1.82, 2.24) is 0 Å². The molecular formula is C21H28Cl2O2. The normalized spacial score (nSPS) is 38.1. The molecule has 4 atom stereocenters. The van der Waals surface area contributed by atoms with E-state index in [4.69, 9.17) is 23.2 Å². The zero-order chi connectivity index (χ0) is 18.6. The van der Waals surface area contributed by atoms with Crippen LogP contribution in [-0.4, -0.2) is 10.5 Å². The fourth-order valence-electron chi connectivity index (χ4n) is 5.85. The van der Waals surface area contributed by atoms with E-state index in [9.17, 15) is 9.59 Å². The number of hydrogen-bond donors (Lipinski definition) is 0. The van der Waals surface area contributed by atoms with Crippen LogP contribution >= 0.6 is 23.2 Å². The quantitative estimate of drug-likeness (QED) is 0.558. The van der Waals surface area contributed by atoms with E-state index in [0.717, 1.165) is 37.7 Å². The molecule has 3 aliphatic rings. The maximum absolute atomic E-state index is 12.3. The summed E-state index contributed by atoms with van der Waals surface area (Å²) in [4.78, 5) is 24.4. The second kappa shape index (κ2) is 6.53. The molecule has 0 aromatic carbocycles. The van der Waals surface area contributed by atoms with Gasteiger partial charge in [0.2, 0.25) is 10.5 Å². The average molecular weight is 383 g/mol. The second-order valence-corrected chi connectivity index (χ2v) is 9.63. The Morgan fingerprint density at radius 1 is 1.20 bits per heavy atom. The van der Waals surface area contributed by atoms with Gasteiger partial charge in [0.15, 0.2) is 0 Å². The highest BCUT2D eigenvalue weighted by Crippen LogP contribution is 2.62. The van der Waals surface area contributed by atoms with Gasteiger partial charge >= 0.3 is 0 Å². The van der Waals surface area contributed by atoms with Gasteiger partial charge in [0.25, 0.3) is 0 Å². The summed E-state index contributed by atoms with van der Waals surface area (Å²) in [7, 11) is 0. The summed E-state index contributed by atoms with van der Waals surface area (Å²) in [6.07, 6.45) is 7.83. The van der Waals surface area contributed by atoms with Crippen molar-refractivity contribution in [3.8, 4) is 0 Å². The Bertz CT molecular complexity index is 675. The Morgan fingerprint density at radius 3 is 2.44 bits per heavy atom. The van der Waals surface area contributed by atoms with E-state index in [1.54, 1.807) is 0 Å². The highest BCUT2D eigenvalue weighted by molar-refractivity contribution is 6.64. The third kappa shape index (κ3) is 2.94. The first kappa shape index (κ1) is 19.2. The first-order valence-corrected chi connectivity index (χ1v) is 10.2. The van der Waals surface area contributed by atoms with Crippen molar-refractivity contribution in [1.29, 1.82) is 0 Å². The average Bonchev–Trinajstić information content (AvgIpc) is 2.53. The molecule has 0 aromatic heterocycles. The highest BCUT2D eigenvalue weighted by Gasteiger charge is 2.55. The maximum atomic E-state index is 12.3. The molecule has 0 bridgehead atoms. The van der Waals surface area contributed by atoms with Crippen molar-refractivity contribution in [2.75, 3.05) is 0 Å². The van der Waals surface area contributed by atoms with Crippen LogP contribution in [0.25, 0.3) is 0 Å². The first-order valence-electron chi connectivity index (χ1n) is 9.44. The van der Waals surface area contributed by atoms with Crippen molar-refractivity contribution < 1.29 is 9.59 Å². The molecule has 4 heteroatoms. The van der Waals surface area contributed by atoms with Gasteiger partial charge in [-0.05, 0) is 78.1 Å². The summed E-state index contributed by atoms with van der Waals surface area (Å²) >= 11 is 12.0. The zero-order valence-corrected chi connectivity index (χ0v) is 17.1. The van der Waals surface area contributed by atoms with E-state index in [-0.39, 0.29) is 27.7 Å². The molecule has 3 rings (SSSR count). The molecule has 0 radical (unpaired) electrons. The molecule has 0 heterocycles. The third-order valence-corrected chi connectivity index (χ3v) is 7.95. The third-order valence-electron chi connectivity index (χ3n) is 7.25. The Kier molecular flexibility index (Phi) is 5.01. The van der Waals surface area contributed by atoms with Crippen LogP contribution in [0.1, 0.15) is 66.2 Å². The van der Waals surface area contributed by atoms with E-state index in [0.29, 0.717) is 12.3 Å². The topological polar surface area (TPSA) is 34.1 Å².